The van der Waals surface area contributed by atoms with Crippen molar-refractivity contribution < 1.29 is 0 Å². The maximum absolute atomic E-state index is 4.08. The normalized spacial score (nSPS) is 10.4. The van der Waals surface area contributed by atoms with Gasteiger partial charge >= 0.3 is 0 Å². The molecule has 0 N–H and O–H groups in total. The SMILES string of the molecule is CCCCCn1nnc(C)n1. The summed E-state index contributed by atoms with van der Waals surface area (Å²) in [6, 6.07) is 0. The Bertz CT molecular complexity index is 206. The molecule has 0 aliphatic carbocycles. The van der Waals surface area contributed by atoms with Crippen molar-refractivity contribution in [3.63, 3.8) is 0 Å². The van der Waals surface area contributed by atoms with Gasteiger partial charge < -0.3 is 0 Å². The molecule has 0 saturated carbocycles. The first-order chi connectivity index (χ1) is 5.33. The van der Waals surface area contributed by atoms with Crippen LogP contribution in [-0.2, 0) is 6.54 Å². The van der Waals surface area contributed by atoms with E-state index in [1.165, 1.54) is 12.8 Å². The molecule has 4 heteroatoms. The van der Waals surface area contributed by atoms with Gasteiger partial charge in [0.2, 0.25) is 0 Å². The standard InChI is InChI=1S/C7H14N4/c1-3-4-5-6-11-9-7(2)8-10-11/h3-6H2,1-2H3. The summed E-state index contributed by atoms with van der Waals surface area (Å²) in [4.78, 5) is 1.66. The molecule has 0 aromatic carbocycles. The Labute approximate surface area is 66.6 Å². The predicted octanol–water partition coefficient (Wildman–Crippen LogP) is 1.17. The fourth-order valence-corrected chi connectivity index (χ4v) is 0.921. The Morgan fingerprint density at radius 1 is 1.36 bits per heavy atom. The van der Waals surface area contributed by atoms with Gasteiger partial charge in [-0.1, -0.05) is 19.8 Å². The van der Waals surface area contributed by atoms with E-state index in [1.807, 2.05) is 6.92 Å². The van der Waals surface area contributed by atoms with E-state index in [4.69, 9.17) is 0 Å². The van der Waals surface area contributed by atoms with Gasteiger partial charge in [0.05, 0.1) is 6.54 Å². The molecule has 0 fully saturated rings. The molecule has 1 aromatic heterocycles. The molecule has 1 rings (SSSR count). The van der Waals surface area contributed by atoms with Gasteiger partial charge in [0.25, 0.3) is 0 Å². The zero-order chi connectivity index (χ0) is 8.10. The Kier molecular flexibility index (Phi) is 3.01. The number of rotatable bonds is 4. The molecule has 1 heterocycles. The van der Waals surface area contributed by atoms with Crippen molar-refractivity contribution in [2.24, 2.45) is 0 Å². The first-order valence-corrected chi connectivity index (χ1v) is 4.07. The summed E-state index contributed by atoms with van der Waals surface area (Å²) >= 11 is 0. The van der Waals surface area contributed by atoms with Crippen molar-refractivity contribution in [3.8, 4) is 0 Å². The largest absolute Gasteiger partial charge is 0.171 e. The second-order valence-corrected chi connectivity index (χ2v) is 2.64. The Morgan fingerprint density at radius 2 is 2.18 bits per heavy atom. The Hall–Kier alpha value is -0.930. The van der Waals surface area contributed by atoms with Crippen LogP contribution in [0.5, 0.6) is 0 Å². The number of tetrazole rings is 1. The van der Waals surface area contributed by atoms with Gasteiger partial charge in [-0.3, -0.25) is 0 Å². The van der Waals surface area contributed by atoms with E-state index < -0.39 is 0 Å². The van der Waals surface area contributed by atoms with E-state index >= 15 is 0 Å². The van der Waals surface area contributed by atoms with Crippen LogP contribution in [0.15, 0.2) is 0 Å². The third kappa shape index (κ3) is 2.65. The molecule has 0 unspecified atom stereocenters. The lowest BCUT2D eigenvalue weighted by atomic mass is 10.2. The average Bonchev–Trinajstić information content (AvgIpc) is 2.37. The van der Waals surface area contributed by atoms with E-state index in [9.17, 15) is 0 Å². The van der Waals surface area contributed by atoms with Gasteiger partial charge in [0.1, 0.15) is 0 Å². The van der Waals surface area contributed by atoms with E-state index in [2.05, 4.69) is 22.3 Å². The first-order valence-electron chi connectivity index (χ1n) is 4.07. The smallest absolute Gasteiger partial charge is 0.164 e. The van der Waals surface area contributed by atoms with Crippen LogP contribution in [0.4, 0.5) is 0 Å². The van der Waals surface area contributed by atoms with Crippen molar-refractivity contribution in [2.75, 3.05) is 0 Å². The van der Waals surface area contributed by atoms with Crippen molar-refractivity contribution in [3.05, 3.63) is 5.82 Å². The van der Waals surface area contributed by atoms with Crippen molar-refractivity contribution >= 4 is 0 Å². The summed E-state index contributed by atoms with van der Waals surface area (Å²) in [5, 5.41) is 11.7. The minimum absolute atomic E-state index is 0.751. The van der Waals surface area contributed by atoms with Crippen LogP contribution in [0.2, 0.25) is 0 Å². The fraction of sp³-hybridized carbons (Fsp3) is 0.857. The van der Waals surface area contributed by atoms with Crippen LogP contribution in [0, 0.1) is 6.92 Å². The molecule has 0 amide bonds. The zero-order valence-electron chi connectivity index (χ0n) is 7.12. The quantitative estimate of drug-likeness (QED) is 0.611. The zero-order valence-corrected chi connectivity index (χ0v) is 7.12. The van der Waals surface area contributed by atoms with Crippen LogP contribution in [0.3, 0.4) is 0 Å². The monoisotopic (exact) mass is 154 g/mol. The molecule has 0 saturated heterocycles. The molecule has 0 bridgehead atoms. The highest BCUT2D eigenvalue weighted by molar-refractivity contribution is 4.66. The van der Waals surface area contributed by atoms with Gasteiger partial charge in [-0.25, -0.2) is 0 Å². The average molecular weight is 154 g/mol. The number of hydrogen-bond acceptors (Lipinski definition) is 3. The minimum Gasteiger partial charge on any atom is -0.164 e. The van der Waals surface area contributed by atoms with Crippen LogP contribution < -0.4 is 0 Å². The summed E-state index contributed by atoms with van der Waals surface area (Å²) < 4.78 is 0. The topological polar surface area (TPSA) is 43.6 Å². The summed E-state index contributed by atoms with van der Waals surface area (Å²) in [6.07, 6.45) is 3.61. The van der Waals surface area contributed by atoms with Crippen LogP contribution >= 0.6 is 0 Å². The second-order valence-electron chi connectivity index (χ2n) is 2.64. The van der Waals surface area contributed by atoms with Gasteiger partial charge in [0, 0.05) is 0 Å². The number of aromatic nitrogens is 4. The van der Waals surface area contributed by atoms with E-state index in [0.717, 1.165) is 18.8 Å². The highest BCUT2D eigenvalue weighted by atomic mass is 15.6. The molecule has 11 heavy (non-hydrogen) atoms. The molecule has 0 aliphatic heterocycles. The molecule has 0 atom stereocenters. The molecular formula is C7H14N4. The van der Waals surface area contributed by atoms with Crippen LogP contribution in [0.1, 0.15) is 32.0 Å². The highest BCUT2D eigenvalue weighted by Gasteiger charge is 1.94. The molecule has 0 spiro atoms. The van der Waals surface area contributed by atoms with E-state index in [1.54, 1.807) is 4.80 Å². The number of unbranched alkanes of at least 4 members (excludes halogenated alkanes) is 2. The summed E-state index contributed by atoms with van der Waals surface area (Å²) in [6.45, 7) is 4.93. The second kappa shape index (κ2) is 4.05. The lowest BCUT2D eigenvalue weighted by molar-refractivity contribution is 0.485. The molecule has 62 valence electrons. The van der Waals surface area contributed by atoms with Crippen LogP contribution in [-0.4, -0.2) is 20.2 Å². The van der Waals surface area contributed by atoms with Gasteiger partial charge in [-0.2, -0.15) is 4.80 Å². The van der Waals surface area contributed by atoms with Crippen molar-refractivity contribution in [1.82, 2.24) is 20.2 Å². The third-order valence-electron chi connectivity index (χ3n) is 1.51. The molecule has 0 radical (unpaired) electrons. The lowest BCUT2D eigenvalue weighted by Crippen LogP contribution is -2.02. The molecule has 4 nitrogen and oxygen atoms in total. The Balaban J connectivity index is 2.27. The maximum Gasteiger partial charge on any atom is 0.171 e. The van der Waals surface area contributed by atoms with Gasteiger partial charge in [-0.05, 0) is 18.6 Å². The third-order valence-corrected chi connectivity index (χ3v) is 1.51. The lowest BCUT2D eigenvalue weighted by Gasteiger charge is -1.95. The maximum atomic E-state index is 4.08. The minimum atomic E-state index is 0.751. The molecule has 0 aliphatic rings. The molecular weight excluding hydrogens is 140 g/mol. The fourth-order valence-electron chi connectivity index (χ4n) is 0.921. The Morgan fingerprint density at radius 3 is 2.73 bits per heavy atom. The summed E-state index contributed by atoms with van der Waals surface area (Å²) in [7, 11) is 0. The summed E-state index contributed by atoms with van der Waals surface area (Å²) in [5.41, 5.74) is 0. The molecule has 1 aromatic rings. The van der Waals surface area contributed by atoms with Crippen molar-refractivity contribution in [2.45, 2.75) is 39.7 Å². The van der Waals surface area contributed by atoms with Crippen LogP contribution in [0.25, 0.3) is 0 Å². The van der Waals surface area contributed by atoms with Gasteiger partial charge in [-0.15, -0.1) is 10.2 Å². The predicted molar refractivity (Wildman–Crippen MR) is 42.1 cm³/mol. The number of nitrogens with zero attached hydrogens (tertiary/aromatic N) is 4. The highest BCUT2D eigenvalue weighted by Crippen LogP contribution is 1.95. The van der Waals surface area contributed by atoms with E-state index in [-0.39, 0.29) is 0 Å². The van der Waals surface area contributed by atoms with E-state index in [0.29, 0.717) is 0 Å². The van der Waals surface area contributed by atoms with Crippen molar-refractivity contribution in [1.29, 1.82) is 0 Å². The number of hydrogen-bond donors (Lipinski definition) is 0. The van der Waals surface area contributed by atoms with Gasteiger partial charge in [0.15, 0.2) is 5.82 Å². The number of aryl methyl sites for hydroxylation is 2. The first kappa shape index (κ1) is 8.17. The summed E-state index contributed by atoms with van der Waals surface area (Å²) in [5.74, 6) is 0.751.